The lowest BCUT2D eigenvalue weighted by Gasteiger charge is -2.47. The molecule has 2 aliphatic rings. The first-order valence-electron chi connectivity index (χ1n) is 6.71. The molecule has 1 aliphatic carbocycles. The van der Waals surface area contributed by atoms with E-state index in [1.54, 1.807) is 0 Å². The molecular weight excluding hydrogens is 235 g/mol. The SMILES string of the molecule is CC(C)C1NC(=O)C2(CCCC2)N(CCF)C1=O. The van der Waals surface area contributed by atoms with Crippen molar-refractivity contribution in [3.63, 3.8) is 0 Å². The molecular formula is C13H21FN2O2. The van der Waals surface area contributed by atoms with Crippen LogP contribution < -0.4 is 5.32 Å². The molecule has 1 aliphatic heterocycles. The lowest BCUT2D eigenvalue weighted by molar-refractivity contribution is -0.158. The highest BCUT2D eigenvalue weighted by atomic mass is 19.1. The molecule has 2 rings (SSSR count). The van der Waals surface area contributed by atoms with Crippen molar-refractivity contribution in [3.05, 3.63) is 0 Å². The Morgan fingerprint density at radius 3 is 2.50 bits per heavy atom. The first kappa shape index (κ1) is 13.3. The Kier molecular flexibility index (Phi) is 3.59. The van der Waals surface area contributed by atoms with Crippen molar-refractivity contribution in [2.24, 2.45) is 5.92 Å². The lowest BCUT2D eigenvalue weighted by Crippen LogP contribution is -2.71. The highest BCUT2D eigenvalue weighted by molar-refractivity contribution is 6.00. The Balaban J connectivity index is 2.31. The van der Waals surface area contributed by atoms with Gasteiger partial charge in [-0.15, -0.1) is 0 Å². The summed E-state index contributed by atoms with van der Waals surface area (Å²) in [5.74, 6) is -0.182. The van der Waals surface area contributed by atoms with E-state index in [1.807, 2.05) is 13.8 Å². The second kappa shape index (κ2) is 4.86. The summed E-state index contributed by atoms with van der Waals surface area (Å²) in [6.07, 6.45) is 3.18. The Labute approximate surface area is 107 Å². The highest BCUT2D eigenvalue weighted by Crippen LogP contribution is 2.38. The number of carbonyl (C=O) groups is 2. The molecule has 1 saturated heterocycles. The quantitative estimate of drug-likeness (QED) is 0.826. The van der Waals surface area contributed by atoms with Gasteiger partial charge in [-0.05, 0) is 18.8 Å². The largest absolute Gasteiger partial charge is 0.342 e. The molecule has 18 heavy (non-hydrogen) atoms. The molecule has 1 N–H and O–H groups in total. The highest BCUT2D eigenvalue weighted by Gasteiger charge is 2.53. The number of nitrogens with one attached hydrogen (secondary N) is 1. The average Bonchev–Trinajstić information content (AvgIpc) is 2.80. The zero-order chi connectivity index (χ0) is 13.3. The molecule has 1 heterocycles. The molecule has 0 aromatic rings. The molecule has 1 unspecified atom stereocenters. The van der Waals surface area contributed by atoms with Gasteiger partial charge in [0, 0.05) is 0 Å². The van der Waals surface area contributed by atoms with E-state index in [4.69, 9.17) is 0 Å². The van der Waals surface area contributed by atoms with Crippen LogP contribution >= 0.6 is 0 Å². The standard InChI is InChI=1S/C13H21FN2O2/c1-9(2)10-11(17)16(8-7-14)13(12(18)15-10)5-3-4-6-13/h9-10H,3-8H2,1-2H3,(H,15,18). The first-order valence-corrected chi connectivity index (χ1v) is 6.71. The van der Waals surface area contributed by atoms with Crippen molar-refractivity contribution in [3.8, 4) is 0 Å². The number of piperazine rings is 1. The summed E-state index contributed by atoms with van der Waals surface area (Å²) in [6, 6.07) is -0.504. The minimum absolute atomic E-state index is 0.0299. The predicted molar refractivity (Wildman–Crippen MR) is 65.7 cm³/mol. The fraction of sp³-hybridized carbons (Fsp3) is 0.846. The van der Waals surface area contributed by atoms with Crippen LogP contribution in [0.1, 0.15) is 39.5 Å². The van der Waals surface area contributed by atoms with E-state index in [-0.39, 0.29) is 24.3 Å². The maximum absolute atomic E-state index is 12.7. The summed E-state index contributed by atoms with van der Waals surface area (Å²) >= 11 is 0. The van der Waals surface area contributed by atoms with Gasteiger partial charge >= 0.3 is 0 Å². The second-order valence-electron chi connectivity index (χ2n) is 5.61. The number of halogens is 1. The van der Waals surface area contributed by atoms with Gasteiger partial charge in [0.2, 0.25) is 11.8 Å². The van der Waals surface area contributed by atoms with Gasteiger partial charge in [-0.1, -0.05) is 26.7 Å². The van der Waals surface area contributed by atoms with Gasteiger partial charge in [0.05, 0.1) is 6.54 Å². The third-order valence-electron chi connectivity index (χ3n) is 4.16. The van der Waals surface area contributed by atoms with Gasteiger partial charge < -0.3 is 10.2 Å². The smallest absolute Gasteiger partial charge is 0.246 e. The molecule has 0 aromatic carbocycles. The fourth-order valence-corrected chi connectivity index (χ4v) is 3.16. The second-order valence-corrected chi connectivity index (χ2v) is 5.61. The molecule has 1 atom stereocenters. The van der Waals surface area contributed by atoms with E-state index in [1.165, 1.54) is 4.90 Å². The number of alkyl halides is 1. The van der Waals surface area contributed by atoms with E-state index in [2.05, 4.69) is 5.32 Å². The molecule has 5 heteroatoms. The van der Waals surface area contributed by atoms with Crippen molar-refractivity contribution in [1.29, 1.82) is 0 Å². The molecule has 0 aromatic heterocycles. The van der Waals surface area contributed by atoms with Crippen LogP contribution in [-0.2, 0) is 9.59 Å². The van der Waals surface area contributed by atoms with Crippen LogP contribution in [0, 0.1) is 5.92 Å². The molecule has 1 spiro atoms. The summed E-state index contributed by atoms with van der Waals surface area (Å²) in [5.41, 5.74) is -0.769. The summed E-state index contributed by atoms with van der Waals surface area (Å²) in [6.45, 7) is 3.23. The first-order chi connectivity index (χ1) is 8.53. The number of hydrogen-bond donors (Lipinski definition) is 1. The van der Waals surface area contributed by atoms with Crippen LogP contribution in [0.25, 0.3) is 0 Å². The topological polar surface area (TPSA) is 49.4 Å². The van der Waals surface area contributed by atoms with Gasteiger partial charge in [-0.3, -0.25) is 9.59 Å². The van der Waals surface area contributed by atoms with Gasteiger partial charge in [0.25, 0.3) is 0 Å². The van der Waals surface area contributed by atoms with Crippen molar-refractivity contribution in [1.82, 2.24) is 10.2 Å². The monoisotopic (exact) mass is 256 g/mol. The number of nitrogens with zero attached hydrogens (tertiary/aromatic N) is 1. The Morgan fingerprint density at radius 1 is 1.39 bits per heavy atom. The van der Waals surface area contributed by atoms with Crippen molar-refractivity contribution in [2.45, 2.75) is 51.1 Å². The Morgan fingerprint density at radius 2 is 2.00 bits per heavy atom. The zero-order valence-electron chi connectivity index (χ0n) is 11.0. The van der Waals surface area contributed by atoms with E-state index < -0.39 is 18.3 Å². The number of carbonyl (C=O) groups excluding carboxylic acids is 2. The van der Waals surface area contributed by atoms with Gasteiger partial charge in [0.15, 0.2) is 0 Å². The normalized spacial score (nSPS) is 27.1. The van der Waals surface area contributed by atoms with E-state index in [9.17, 15) is 14.0 Å². The van der Waals surface area contributed by atoms with E-state index in [0.717, 1.165) is 12.8 Å². The maximum atomic E-state index is 12.7. The molecule has 2 amide bonds. The Hall–Kier alpha value is -1.13. The Bertz CT molecular complexity index is 351. The van der Waals surface area contributed by atoms with Crippen molar-refractivity contribution in [2.75, 3.05) is 13.2 Å². The average molecular weight is 256 g/mol. The fourth-order valence-electron chi connectivity index (χ4n) is 3.16. The number of amides is 2. The molecule has 102 valence electrons. The predicted octanol–water partition coefficient (Wildman–Crippen LogP) is 1.25. The van der Waals surface area contributed by atoms with Crippen LogP contribution in [0.4, 0.5) is 4.39 Å². The van der Waals surface area contributed by atoms with Crippen LogP contribution in [0.2, 0.25) is 0 Å². The van der Waals surface area contributed by atoms with Crippen molar-refractivity contribution >= 4 is 11.8 Å². The molecule has 4 nitrogen and oxygen atoms in total. The van der Waals surface area contributed by atoms with E-state index in [0.29, 0.717) is 12.8 Å². The minimum atomic E-state index is -0.769. The van der Waals surface area contributed by atoms with Crippen LogP contribution in [0.3, 0.4) is 0 Å². The van der Waals surface area contributed by atoms with E-state index >= 15 is 0 Å². The third-order valence-corrected chi connectivity index (χ3v) is 4.16. The van der Waals surface area contributed by atoms with Gasteiger partial charge in [0.1, 0.15) is 18.3 Å². The summed E-state index contributed by atoms with van der Waals surface area (Å²) in [4.78, 5) is 26.2. The van der Waals surface area contributed by atoms with Crippen LogP contribution in [0.5, 0.6) is 0 Å². The molecule has 0 radical (unpaired) electrons. The number of hydrogen-bond acceptors (Lipinski definition) is 2. The minimum Gasteiger partial charge on any atom is -0.342 e. The third kappa shape index (κ3) is 1.89. The lowest BCUT2D eigenvalue weighted by atomic mass is 9.87. The maximum Gasteiger partial charge on any atom is 0.246 e. The zero-order valence-corrected chi connectivity index (χ0v) is 11.0. The molecule has 2 fully saturated rings. The number of rotatable bonds is 3. The summed E-state index contributed by atoms with van der Waals surface area (Å²) in [5, 5.41) is 2.83. The van der Waals surface area contributed by atoms with Crippen LogP contribution in [-0.4, -0.2) is 41.5 Å². The summed E-state index contributed by atoms with van der Waals surface area (Å²) in [7, 11) is 0. The van der Waals surface area contributed by atoms with Gasteiger partial charge in [-0.2, -0.15) is 0 Å². The van der Waals surface area contributed by atoms with Crippen molar-refractivity contribution < 1.29 is 14.0 Å². The van der Waals surface area contributed by atoms with Gasteiger partial charge in [-0.25, -0.2) is 4.39 Å². The molecule has 0 bridgehead atoms. The summed E-state index contributed by atoms with van der Waals surface area (Å²) < 4.78 is 12.7. The van der Waals surface area contributed by atoms with Crippen LogP contribution in [0.15, 0.2) is 0 Å². The molecule has 1 saturated carbocycles.